The Morgan fingerprint density at radius 3 is 2.79 bits per heavy atom. The summed E-state index contributed by atoms with van der Waals surface area (Å²) in [5, 5.41) is 18.2. The fourth-order valence-corrected chi connectivity index (χ4v) is 1.11. The number of aliphatic carboxylic acids is 1. The second kappa shape index (κ2) is 4.67. The average Bonchev–Trinajstić information content (AvgIpc) is 2.08. The van der Waals surface area contributed by atoms with Crippen LogP contribution in [0, 0.1) is 0 Å². The molecule has 0 aliphatic carbocycles. The van der Waals surface area contributed by atoms with Crippen molar-refractivity contribution in [3.05, 3.63) is 34.9 Å². The molecule has 1 aromatic rings. The number of benzene rings is 1. The molecule has 1 aromatic carbocycles. The molecular weight excluding hydrogens is 204 g/mol. The van der Waals surface area contributed by atoms with Crippen molar-refractivity contribution in [3.63, 3.8) is 0 Å². The Kier molecular flexibility index (Phi) is 3.54. The van der Waals surface area contributed by atoms with E-state index in [-0.39, 0.29) is 12.2 Å². The van der Waals surface area contributed by atoms with Crippen molar-refractivity contribution < 1.29 is 15.0 Å². The minimum Gasteiger partial charge on any atom is -0.507 e. The fourth-order valence-electron chi connectivity index (χ4n) is 0.944. The van der Waals surface area contributed by atoms with E-state index in [1.54, 1.807) is 18.2 Å². The molecule has 0 heterocycles. The molecule has 2 N–H and O–H groups in total. The van der Waals surface area contributed by atoms with Gasteiger partial charge in [-0.25, -0.2) is 0 Å². The Morgan fingerprint density at radius 1 is 1.50 bits per heavy atom. The third-order valence-corrected chi connectivity index (χ3v) is 1.82. The van der Waals surface area contributed by atoms with E-state index in [1.807, 2.05) is 0 Å². The summed E-state index contributed by atoms with van der Waals surface area (Å²) in [5.41, 5.74) is 0.552. The zero-order chi connectivity index (χ0) is 10.6. The summed E-state index contributed by atoms with van der Waals surface area (Å²) in [6.07, 6.45) is 2.94. The Labute approximate surface area is 86.3 Å². The van der Waals surface area contributed by atoms with Crippen molar-refractivity contribution in [1.29, 1.82) is 0 Å². The van der Waals surface area contributed by atoms with Crippen LogP contribution in [0.3, 0.4) is 0 Å². The third kappa shape index (κ3) is 3.11. The Morgan fingerprint density at radius 2 is 2.21 bits per heavy atom. The topological polar surface area (TPSA) is 57.5 Å². The summed E-state index contributed by atoms with van der Waals surface area (Å²) in [4.78, 5) is 10.2. The average molecular weight is 213 g/mol. The molecule has 0 atom stereocenters. The largest absolute Gasteiger partial charge is 0.507 e. The number of hydrogen-bond donors (Lipinski definition) is 2. The standard InChI is InChI=1S/C10H9ClO3/c11-8-5-4-7(9(12)6-8)2-1-3-10(13)14/h1-2,4-6,12H,3H2,(H,13,14). The zero-order valence-corrected chi connectivity index (χ0v) is 8.03. The van der Waals surface area contributed by atoms with Crippen LogP contribution in [0.15, 0.2) is 24.3 Å². The maximum Gasteiger partial charge on any atom is 0.307 e. The molecular formula is C10H9ClO3. The molecule has 3 nitrogen and oxygen atoms in total. The van der Waals surface area contributed by atoms with Gasteiger partial charge in [-0.05, 0) is 18.2 Å². The van der Waals surface area contributed by atoms with Crippen molar-refractivity contribution in [1.82, 2.24) is 0 Å². The van der Waals surface area contributed by atoms with Crippen molar-refractivity contribution in [2.45, 2.75) is 6.42 Å². The molecule has 0 amide bonds. The van der Waals surface area contributed by atoms with Crippen molar-refractivity contribution in [2.75, 3.05) is 0 Å². The number of carboxylic acids is 1. The molecule has 4 heteroatoms. The van der Waals surface area contributed by atoms with Gasteiger partial charge in [-0.2, -0.15) is 0 Å². The van der Waals surface area contributed by atoms with Gasteiger partial charge in [-0.3, -0.25) is 4.79 Å². The van der Waals surface area contributed by atoms with Gasteiger partial charge in [0.15, 0.2) is 0 Å². The van der Waals surface area contributed by atoms with E-state index in [9.17, 15) is 9.90 Å². The monoisotopic (exact) mass is 212 g/mol. The Balaban J connectivity index is 2.76. The number of rotatable bonds is 3. The number of halogens is 1. The highest BCUT2D eigenvalue weighted by Crippen LogP contribution is 2.22. The minimum atomic E-state index is -0.908. The normalized spacial score (nSPS) is 10.6. The fraction of sp³-hybridized carbons (Fsp3) is 0.100. The first-order chi connectivity index (χ1) is 6.59. The van der Waals surface area contributed by atoms with Crippen molar-refractivity contribution in [3.8, 4) is 5.75 Å². The first kappa shape index (κ1) is 10.6. The first-order valence-corrected chi connectivity index (χ1v) is 4.34. The van der Waals surface area contributed by atoms with E-state index >= 15 is 0 Å². The summed E-state index contributed by atoms with van der Waals surface area (Å²) in [7, 11) is 0. The molecule has 0 fully saturated rings. The summed E-state index contributed by atoms with van der Waals surface area (Å²) in [6.45, 7) is 0. The second-order valence-corrected chi connectivity index (χ2v) is 3.14. The van der Waals surface area contributed by atoms with Gasteiger partial charge in [0, 0.05) is 10.6 Å². The van der Waals surface area contributed by atoms with Crippen LogP contribution in [-0.4, -0.2) is 16.2 Å². The van der Waals surface area contributed by atoms with E-state index in [0.29, 0.717) is 10.6 Å². The quantitative estimate of drug-likeness (QED) is 0.810. The van der Waals surface area contributed by atoms with E-state index in [0.717, 1.165) is 0 Å². The van der Waals surface area contributed by atoms with Crippen LogP contribution in [0.4, 0.5) is 0 Å². The highest BCUT2D eigenvalue weighted by Gasteiger charge is 1.98. The van der Waals surface area contributed by atoms with Crippen molar-refractivity contribution >= 4 is 23.6 Å². The third-order valence-electron chi connectivity index (χ3n) is 1.58. The molecule has 14 heavy (non-hydrogen) atoms. The molecule has 0 aromatic heterocycles. The van der Waals surface area contributed by atoms with Crippen molar-refractivity contribution in [2.24, 2.45) is 0 Å². The maximum atomic E-state index is 10.2. The lowest BCUT2D eigenvalue weighted by atomic mass is 10.2. The highest BCUT2D eigenvalue weighted by molar-refractivity contribution is 6.30. The van der Waals surface area contributed by atoms with Crippen LogP contribution >= 0.6 is 11.6 Å². The number of carboxylic acid groups (broad SMARTS) is 1. The lowest BCUT2D eigenvalue weighted by Crippen LogP contribution is -1.89. The molecule has 0 unspecified atom stereocenters. The molecule has 1 rings (SSSR count). The molecule has 0 bridgehead atoms. The lowest BCUT2D eigenvalue weighted by Gasteiger charge is -1.98. The smallest absolute Gasteiger partial charge is 0.307 e. The number of carbonyl (C=O) groups is 1. The molecule has 0 aliphatic rings. The van der Waals surface area contributed by atoms with E-state index in [1.165, 1.54) is 12.1 Å². The number of phenolic OH excluding ortho intramolecular Hbond substituents is 1. The first-order valence-electron chi connectivity index (χ1n) is 3.96. The Hall–Kier alpha value is -1.48. The predicted molar refractivity (Wildman–Crippen MR) is 54.4 cm³/mol. The SMILES string of the molecule is O=C(O)CC=Cc1ccc(Cl)cc1O. The predicted octanol–water partition coefficient (Wildman–Crippen LogP) is 2.53. The summed E-state index contributed by atoms with van der Waals surface area (Å²) >= 11 is 5.62. The van der Waals surface area contributed by atoms with Gasteiger partial charge in [0.2, 0.25) is 0 Å². The second-order valence-electron chi connectivity index (χ2n) is 2.70. The summed E-state index contributed by atoms with van der Waals surface area (Å²) in [6, 6.07) is 4.65. The molecule has 0 saturated carbocycles. The van der Waals surface area contributed by atoms with Gasteiger partial charge in [0.1, 0.15) is 5.75 Å². The van der Waals surface area contributed by atoms with Crippen LogP contribution < -0.4 is 0 Å². The van der Waals surface area contributed by atoms with Gasteiger partial charge in [0.05, 0.1) is 6.42 Å². The number of hydrogen-bond acceptors (Lipinski definition) is 2. The molecule has 74 valence electrons. The van der Waals surface area contributed by atoms with Crippen LogP contribution in [0.2, 0.25) is 5.02 Å². The molecule has 0 saturated heterocycles. The van der Waals surface area contributed by atoms with E-state index < -0.39 is 5.97 Å². The molecule has 0 radical (unpaired) electrons. The molecule has 0 aliphatic heterocycles. The maximum absolute atomic E-state index is 10.2. The van der Waals surface area contributed by atoms with Crippen LogP contribution in [0.5, 0.6) is 5.75 Å². The minimum absolute atomic E-state index is 0.0409. The van der Waals surface area contributed by atoms with Gasteiger partial charge in [-0.15, -0.1) is 0 Å². The van der Waals surface area contributed by atoms with Crippen LogP contribution in [-0.2, 0) is 4.79 Å². The summed E-state index contributed by atoms with van der Waals surface area (Å²) < 4.78 is 0. The summed E-state index contributed by atoms with van der Waals surface area (Å²) in [5.74, 6) is -0.867. The van der Waals surface area contributed by atoms with Gasteiger partial charge in [-0.1, -0.05) is 23.8 Å². The van der Waals surface area contributed by atoms with Gasteiger partial charge >= 0.3 is 5.97 Å². The number of aromatic hydroxyl groups is 1. The number of phenols is 1. The van der Waals surface area contributed by atoms with Crippen LogP contribution in [0.1, 0.15) is 12.0 Å². The highest BCUT2D eigenvalue weighted by atomic mass is 35.5. The lowest BCUT2D eigenvalue weighted by molar-refractivity contribution is -0.135. The zero-order valence-electron chi connectivity index (χ0n) is 7.27. The Bertz CT molecular complexity index is 372. The molecule has 0 spiro atoms. The van der Waals surface area contributed by atoms with Gasteiger partial charge in [0.25, 0.3) is 0 Å². The van der Waals surface area contributed by atoms with E-state index in [4.69, 9.17) is 16.7 Å². The van der Waals surface area contributed by atoms with E-state index in [2.05, 4.69) is 0 Å². The van der Waals surface area contributed by atoms with Crippen LogP contribution in [0.25, 0.3) is 6.08 Å². The van der Waals surface area contributed by atoms with Gasteiger partial charge < -0.3 is 10.2 Å².